The molecule has 0 aliphatic carbocycles. The number of nitro benzene ring substituents is 1. The van der Waals surface area contributed by atoms with Crippen molar-refractivity contribution in [2.45, 2.75) is 0 Å². The molecule has 0 spiro atoms. The van der Waals surface area contributed by atoms with E-state index in [-0.39, 0.29) is 16.3 Å². The van der Waals surface area contributed by atoms with Gasteiger partial charge in [0.15, 0.2) is 0 Å². The summed E-state index contributed by atoms with van der Waals surface area (Å²) in [4.78, 5) is 19.8. The Morgan fingerprint density at radius 3 is 2.67 bits per heavy atom. The van der Waals surface area contributed by atoms with Gasteiger partial charge in [-0.15, -0.1) is 0 Å². The molecule has 0 heterocycles. The van der Waals surface area contributed by atoms with Crippen LogP contribution in [0.15, 0.2) is 18.2 Å². The van der Waals surface area contributed by atoms with Crippen molar-refractivity contribution in [2.75, 3.05) is 0 Å². The smallest absolute Gasteiger partial charge is 0.282 e. The van der Waals surface area contributed by atoms with Gasteiger partial charge in [0.2, 0.25) is 6.29 Å². The van der Waals surface area contributed by atoms with Crippen LogP contribution in [-0.4, -0.2) is 11.2 Å². The van der Waals surface area contributed by atoms with Crippen LogP contribution in [0.3, 0.4) is 0 Å². The predicted molar refractivity (Wildman–Crippen MR) is 42.9 cm³/mol. The lowest BCUT2D eigenvalue weighted by Gasteiger charge is -1.94. The first-order valence-electron chi connectivity index (χ1n) is 2.97. The van der Waals surface area contributed by atoms with E-state index in [1.54, 1.807) is 0 Å². The Morgan fingerprint density at radius 2 is 2.17 bits per heavy atom. The lowest BCUT2D eigenvalue weighted by atomic mass is 10.2. The second kappa shape index (κ2) is 3.32. The van der Waals surface area contributed by atoms with E-state index in [4.69, 9.17) is 11.6 Å². The second-order valence-corrected chi connectivity index (χ2v) is 2.46. The molecule has 0 aliphatic heterocycles. The summed E-state index contributed by atoms with van der Waals surface area (Å²) in [5.74, 6) is 0. The number of hydrogen-bond acceptors (Lipinski definition) is 3. The first kappa shape index (κ1) is 8.67. The molecule has 0 bridgehead atoms. The highest BCUT2D eigenvalue weighted by atomic mass is 35.5. The Labute approximate surface area is 72.9 Å². The lowest BCUT2D eigenvalue weighted by molar-refractivity contribution is -0.385. The molecule has 5 heteroatoms. The summed E-state index contributed by atoms with van der Waals surface area (Å²) in [5, 5.41) is 10.5. The minimum absolute atomic E-state index is 0.0931. The number of nitrogens with zero attached hydrogens (tertiary/aromatic N) is 1. The third-order valence-corrected chi connectivity index (χ3v) is 1.50. The van der Waals surface area contributed by atoms with E-state index in [0.29, 0.717) is 0 Å². The summed E-state index contributed by atoms with van der Waals surface area (Å²) in [6.07, 6.45) is 1.45. The van der Waals surface area contributed by atoms with Gasteiger partial charge in [-0.1, -0.05) is 11.6 Å². The van der Waals surface area contributed by atoms with Crippen LogP contribution in [0.25, 0.3) is 0 Å². The Morgan fingerprint density at radius 1 is 1.50 bits per heavy atom. The van der Waals surface area contributed by atoms with Gasteiger partial charge < -0.3 is 0 Å². The van der Waals surface area contributed by atoms with Crippen LogP contribution in [0.1, 0.15) is 5.56 Å². The van der Waals surface area contributed by atoms with Gasteiger partial charge in [-0.05, 0) is 12.1 Å². The van der Waals surface area contributed by atoms with Crippen molar-refractivity contribution in [3.63, 3.8) is 0 Å². The molecule has 0 aromatic heterocycles. The molecule has 0 amide bonds. The van der Waals surface area contributed by atoms with E-state index in [1.165, 1.54) is 18.4 Å². The van der Waals surface area contributed by atoms with Crippen LogP contribution in [-0.2, 0) is 4.79 Å². The molecule has 0 aliphatic rings. The molecule has 1 rings (SSSR count). The molecule has 0 unspecified atom stereocenters. The zero-order chi connectivity index (χ0) is 9.14. The maximum Gasteiger partial charge on any atom is 0.282 e. The van der Waals surface area contributed by atoms with E-state index in [0.717, 1.165) is 6.07 Å². The maximum atomic E-state index is 10.3. The molecule has 4 nitrogen and oxygen atoms in total. The molecule has 1 radical (unpaired) electrons. The van der Waals surface area contributed by atoms with Gasteiger partial charge in [0, 0.05) is 11.1 Å². The maximum absolute atomic E-state index is 10.3. The number of halogens is 1. The molecular formula is C7H3ClNO3. The minimum atomic E-state index is -0.674. The third-order valence-electron chi connectivity index (χ3n) is 1.27. The van der Waals surface area contributed by atoms with Gasteiger partial charge in [0.25, 0.3) is 5.69 Å². The van der Waals surface area contributed by atoms with Crippen molar-refractivity contribution in [3.05, 3.63) is 38.9 Å². The number of rotatable bonds is 2. The van der Waals surface area contributed by atoms with Gasteiger partial charge in [-0.25, -0.2) is 0 Å². The number of benzene rings is 1. The monoisotopic (exact) mass is 184 g/mol. The van der Waals surface area contributed by atoms with Crippen LogP contribution < -0.4 is 0 Å². The highest BCUT2D eigenvalue weighted by Crippen LogP contribution is 2.21. The van der Waals surface area contributed by atoms with Crippen LogP contribution in [0.2, 0.25) is 5.02 Å². The van der Waals surface area contributed by atoms with Crippen molar-refractivity contribution in [2.24, 2.45) is 0 Å². The predicted octanol–water partition coefficient (Wildman–Crippen LogP) is 1.71. The molecule has 12 heavy (non-hydrogen) atoms. The Hall–Kier alpha value is -1.42. The first-order chi connectivity index (χ1) is 5.65. The summed E-state index contributed by atoms with van der Waals surface area (Å²) < 4.78 is 0. The van der Waals surface area contributed by atoms with Gasteiger partial charge >= 0.3 is 0 Å². The number of carbonyl (C=O) groups excluding carboxylic acids is 1. The summed E-state index contributed by atoms with van der Waals surface area (Å²) in [6, 6.07) is 3.77. The average molecular weight is 185 g/mol. The Kier molecular flexibility index (Phi) is 2.40. The van der Waals surface area contributed by atoms with Crippen LogP contribution in [0.4, 0.5) is 5.69 Å². The highest BCUT2D eigenvalue weighted by molar-refractivity contribution is 6.30. The van der Waals surface area contributed by atoms with E-state index < -0.39 is 4.92 Å². The van der Waals surface area contributed by atoms with Crippen molar-refractivity contribution >= 4 is 23.6 Å². The topological polar surface area (TPSA) is 60.2 Å². The van der Waals surface area contributed by atoms with Crippen LogP contribution in [0.5, 0.6) is 0 Å². The van der Waals surface area contributed by atoms with Crippen LogP contribution >= 0.6 is 11.6 Å². The molecule has 0 saturated carbocycles. The van der Waals surface area contributed by atoms with E-state index >= 15 is 0 Å². The second-order valence-electron chi connectivity index (χ2n) is 2.02. The molecule has 1 aromatic carbocycles. The van der Waals surface area contributed by atoms with Gasteiger partial charge in [-0.3, -0.25) is 14.9 Å². The van der Waals surface area contributed by atoms with Crippen molar-refractivity contribution < 1.29 is 9.72 Å². The van der Waals surface area contributed by atoms with Gasteiger partial charge in [-0.2, -0.15) is 0 Å². The van der Waals surface area contributed by atoms with E-state index in [2.05, 4.69) is 0 Å². The molecule has 61 valence electrons. The fourth-order valence-corrected chi connectivity index (χ4v) is 0.908. The fraction of sp³-hybridized carbons (Fsp3) is 0. The van der Waals surface area contributed by atoms with E-state index in [9.17, 15) is 14.9 Å². The normalized spacial score (nSPS) is 9.42. The fourth-order valence-electron chi connectivity index (χ4n) is 0.742. The number of nitro groups is 1. The molecule has 0 saturated heterocycles. The van der Waals surface area contributed by atoms with E-state index in [1.807, 2.05) is 0 Å². The van der Waals surface area contributed by atoms with Crippen molar-refractivity contribution in [3.8, 4) is 0 Å². The quantitative estimate of drug-likeness (QED) is 0.519. The summed E-state index contributed by atoms with van der Waals surface area (Å²) in [6.45, 7) is 0. The summed E-state index contributed by atoms with van der Waals surface area (Å²) in [5.41, 5.74) is -0.415. The third kappa shape index (κ3) is 1.60. The SMILES string of the molecule is O=[C]c1ccc(Cl)cc1[N+](=O)[O-]. The molecule has 0 N–H and O–H groups in total. The summed E-state index contributed by atoms with van der Waals surface area (Å²) in [7, 11) is 0. The molecular weight excluding hydrogens is 182 g/mol. The van der Waals surface area contributed by atoms with Crippen molar-refractivity contribution in [1.82, 2.24) is 0 Å². The lowest BCUT2D eigenvalue weighted by Crippen LogP contribution is -1.93. The molecule has 0 fully saturated rings. The van der Waals surface area contributed by atoms with Crippen molar-refractivity contribution in [1.29, 1.82) is 0 Å². The number of hydrogen-bond donors (Lipinski definition) is 0. The molecule has 0 atom stereocenters. The van der Waals surface area contributed by atoms with Gasteiger partial charge in [0.05, 0.1) is 4.92 Å². The van der Waals surface area contributed by atoms with Crippen LogP contribution in [0, 0.1) is 10.1 Å². The minimum Gasteiger partial charge on any atom is -0.285 e. The largest absolute Gasteiger partial charge is 0.285 e. The summed E-state index contributed by atoms with van der Waals surface area (Å²) >= 11 is 5.48. The molecule has 1 aromatic rings. The highest BCUT2D eigenvalue weighted by Gasteiger charge is 2.13. The first-order valence-corrected chi connectivity index (χ1v) is 3.35. The van der Waals surface area contributed by atoms with Gasteiger partial charge in [0.1, 0.15) is 5.56 Å². The zero-order valence-corrected chi connectivity index (χ0v) is 6.54. The zero-order valence-electron chi connectivity index (χ0n) is 5.78. The Balaban J connectivity index is 3.30. The average Bonchev–Trinajstić information content (AvgIpc) is 2.04. The Bertz CT molecular complexity index is 337. The standard InChI is InChI=1S/C7H3ClNO3/c8-6-2-1-5(4-10)7(3-6)9(11)12/h1-3H.